The maximum Gasteiger partial charge on any atom is 0.307 e. The van der Waals surface area contributed by atoms with Gasteiger partial charge in [0.05, 0.1) is 5.92 Å². The number of hydrogen-bond acceptors (Lipinski definition) is 4. The van der Waals surface area contributed by atoms with Crippen LogP contribution >= 0.6 is 23.1 Å². The molecule has 2 heterocycles. The minimum atomic E-state index is -0.759. The molecule has 84 valence electrons. The van der Waals surface area contributed by atoms with Crippen molar-refractivity contribution in [3.05, 3.63) is 23.7 Å². The van der Waals surface area contributed by atoms with Gasteiger partial charge < -0.3 is 5.11 Å². The van der Waals surface area contributed by atoms with E-state index in [9.17, 15) is 4.79 Å². The number of aliphatic carboxylic acids is 1. The second-order valence-electron chi connectivity index (χ2n) is 3.50. The molecule has 0 radical (unpaired) electrons. The topological polar surface area (TPSA) is 50.2 Å². The van der Waals surface area contributed by atoms with Crippen LogP contribution in [0.4, 0.5) is 0 Å². The average molecular weight is 253 g/mol. The Morgan fingerprint density at radius 3 is 3.19 bits per heavy atom. The van der Waals surface area contributed by atoms with Crippen LogP contribution in [-0.2, 0) is 4.79 Å². The molecule has 0 aliphatic carbocycles. The monoisotopic (exact) mass is 253 g/mol. The van der Waals surface area contributed by atoms with Crippen LogP contribution in [0.2, 0.25) is 0 Å². The van der Waals surface area contributed by atoms with Crippen molar-refractivity contribution in [3.8, 4) is 0 Å². The van der Waals surface area contributed by atoms with Crippen LogP contribution in [0.3, 0.4) is 0 Å². The predicted molar refractivity (Wildman–Crippen MR) is 67.1 cm³/mol. The highest BCUT2D eigenvalue weighted by Gasteiger charge is 2.12. The van der Waals surface area contributed by atoms with Crippen molar-refractivity contribution in [1.82, 2.24) is 4.98 Å². The number of carboxylic acids is 1. The molecule has 0 aliphatic rings. The smallest absolute Gasteiger partial charge is 0.307 e. The van der Waals surface area contributed by atoms with E-state index in [0.717, 1.165) is 10.4 Å². The van der Waals surface area contributed by atoms with E-state index in [0.29, 0.717) is 5.75 Å². The average Bonchev–Trinajstić information content (AvgIpc) is 2.73. The Balaban J connectivity index is 2.15. The first-order chi connectivity index (χ1) is 7.68. The number of nitrogens with zero attached hydrogens (tertiary/aromatic N) is 1. The van der Waals surface area contributed by atoms with E-state index >= 15 is 0 Å². The van der Waals surface area contributed by atoms with Gasteiger partial charge in [-0.1, -0.05) is 6.92 Å². The number of thioether (sulfide) groups is 1. The molecule has 0 bridgehead atoms. The number of aromatic nitrogens is 1. The largest absolute Gasteiger partial charge is 0.481 e. The summed E-state index contributed by atoms with van der Waals surface area (Å²) in [6.45, 7) is 1.71. The van der Waals surface area contributed by atoms with E-state index in [1.165, 1.54) is 16.5 Å². The van der Waals surface area contributed by atoms with Crippen molar-refractivity contribution in [1.29, 1.82) is 0 Å². The number of carbonyl (C=O) groups is 1. The first kappa shape index (κ1) is 11.4. The lowest BCUT2D eigenvalue weighted by Crippen LogP contribution is -2.11. The first-order valence-electron chi connectivity index (χ1n) is 4.86. The van der Waals surface area contributed by atoms with Crippen LogP contribution in [0, 0.1) is 5.92 Å². The fourth-order valence-corrected chi connectivity index (χ4v) is 3.12. The minimum absolute atomic E-state index is 0.347. The maximum absolute atomic E-state index is 10.7. The normalized spacial score (nSPS) is 12.8. The lowest BCUT2D eigenvalue weighted by molar-refractivity contribution is -0.140. The molecule has 1 atom stereocenters. The zero-order valence-corrected chi connectivity index (χ0v) is 10.3. The van der Waals surface area contributed by atoms with Crippen LogP contribution in [-0.4, -0.2) is 21.8 Å². The third-order valence-corrected chi connectivity index (χ3v) is 4.38. The molecule has 2 aromatic heterocycles. The Morgan fingerprint density at radius 2 is 2.44 bits per heavy atom. The van der Waals surface area contributed by atoms with Crippen molar-refractivity contribution < 1.29 is 9.90 Å². The highest BCUT2D eigenvalue weighted by atomic mass is 32.2. The van der Waals surface area contributed by atoms with Crippen LogP contribution in [0.25, 0.3) is 10.1 Å². The van der Waals surface area contributed by atoms with E-state index in [1.54, 1.807) is 24.5 Å². The third-order valence-electron chi connectivity index (χ3n) is 2.23. The summed E-state index contributed by atoms with van der Waals surface area (Å²) >= 11 is 3.18. The molecule has 2 aromatic rings. The van der Waals surface area contributed by atoms with Gasteiger partial charge in [-0.2, -0.15) is 0 Å². The molecule has 2 rings (SSSR count). The Morgan fingerprint density at radius 1 is 1.62 bits per heavy atom. The predicted octanol–water partition coefficient (Wildman–Crippen LogP) is 3.11. The molecular weight excluding hydrogens is 242 g/mol. The van der Waals surface area contributed by atoms with Gasteiger partial charge in [-0.15, -0.1) is 23.1 Å². The summed E-state index contributed by atoms with van der Waals surface area (Å²) in [5.41, 5.74) is 0. The molecule has 16 heavy (non-hydrogen) atoms. The van der Waals surface area contributed by atoms with Gasteiger partial charge >= 0.3 is 5.97 Å². The summed E-state index contributed by atoms with van der Waals surface area (Å²) in [4.78, 5) is 15.0. The summed E-state index contributed by atoms with van der Waals surface area (Å²) < 4.78 is 1.19. The van der Waals surface area contributed by atoms with Gasteiger partial charge in [-0.05, 0) is 17.5 Å². The molecule has 0 amide bonds. The molecule has 0 spiro atoms. The Hall–Kier alpha value is -1.07. The van der Waals surface area contributed by atoms with Gasteiger partial charge in [-0.25, -0.2) is 4.98 Å². The Bertz CT molecular complexity index is 509. The van der Waals surface area contributed by atoms with E-state index in [2.05, 4.69) is 4.98 Å². The maximum atomic E-state index is 10.7. The molecule has 0 saturated heterocycles. The summed E-state index contributed by atoms with van der Waals surface area (Å²) in [5.74, 6) is -0.553. The number of thiophene rings is 1. The first-order valence-corrected chi connectivity index (χ1v) is 6.73. The zero-order valence-electron chi connectivity index (χ0n) is 8.71. The number of rotatable bonds is 4. The minimum Gasteiger partial charge on any atom is -0.481 e. The second-order valence-corrected chi connectivity index (χ2v) is 5.46. The number of pyridine rings is 1. The number of hydrogen-bond donors (Lipinski definition) is 1. The molecule has 0 aromatic carbocycles. The molecule has 0 aliphatic heterocycles. The fourth-order valence-electron chi connectivity index (χ4n) is 1.26. The Labute approximate surface area is 102 Å². The highest BCUT2D eigenvalue weighted by Crippen LogP contribution is 2.30. The van der Waals surface area contributed by atoms with Crippen molar-refractivity contribution in [2.75, 3.05) is 5.75 Å². The van der Waals surface area contributed by atoms with Gasteiger partial charge in [0.1, 0.15) is 5.03 Å². The fraction of sp³-hybridized carbons (Fsp3) is 0.273. The van der Waals surface area contributed by atoms with E-state index in [-0.39, 0.29) is 5.92 Å². The van der Waals surface area contributed by atoms with Gasteiger partial charge in [0.2, 0.25) is 0 Å². The Kier molecular flexibility index (Phi) is 3.46. The summed E-state index contributed by atoms with van der Waals surface area (Å²) in [7, 11) is 0. The van der Waals surface area contributed by atoms with Crippen molar-refractivity contribution >= 4 is 39.2 Å². The zero-order chi connectivity index (χ0) is 11.5. The van der Waals surface area contributed by atoms with Crippen molar-refractivity contribution in [2.24, 2.45) is 5.92 Å². The molecule has 3 nitrogen and oxygen atoms in total. The second kappa shape index (κ2) is 4.84. The van der Waals surface area contributed by atoms with Gasteiger partial charge in [0.25, 0.3) is 0 Å². The van der Waals surface area contributed by atoms with Gasteiger partial charge in [0, 0.05) is 22.0 Å². The lowest BCUT2D eigenvalue weighted by atomic mass is 10.2. The van der Waals surface area contributed by atoms with Crippen LogP contribution < -0.4 is 0 Å². The SMILES string of the molecule is CC(CSc1nccc2sccc12)C(=O)O. The van der Waals surface area contributed by atoms with Crippen LogP contribution in [0.15, 0.2) is 28.7 Å². The summed E-state index contributed by atoms with van der Waals surface area (Å²) in [6, 6.07) is 4.01. The quantitative estimate of drug-likeness (QED) is 0.851. The molecule has 1 unspecified atom stereocenters. The molecule has 0 saturated carbocycles. The molecule has 0 fully saturated rings. The summed E-state index contributed by atoms with van der Waals surface area (Å²) in [6.07, 6.45) is 1.77. The van der Waals surface area contributed by atoms with Crippen molar-refractivity contribution in [2.45, 2.75) is 11.9 Å². The van der Waals surface area contributed by atoms with Gasteiger partial charge in [-0.3, -0.25) is 4.79 Å². The summed E-state index contributed by atoms with van der Waals surface area (Å²) in [5, 5.41) is 12.9. The van der Waals surface area contributed by atoms with E-state index in [4.69, 9.17) is 5.11 Å². The van der Waals surface area contributed by atoms with Gasteiger partial charge in [0.15, 0.2) is 0 Å². The standard InChI is InChI=1S/C11H11NO2S2/c1-7(11(13)14)6-16-10-8-3-5-15-9(8)2-4-12-10/h2-5,7H,6H2,1H3,(H,13,14). The van der Waals surface area contributed by atoms with Crippen LogP contribution in [0.5, 0.6) is 0 Å². The molecule has 5 heteroatoms. The highest BCUT2D eigenvalue weighted by molar-refractivity contribution is 7.99. The number of fused-ring (bicyclic) bond motifs is 1. The molecular formula is C11H11NO2S2. The lowest BCUT2D eigenvalue weighted by Gasteiger charge is -2.05. The van der Waals surface area contributed by atoms with Crippen molar-refractivity contribution in [3.63, 3.8) is 0 Å². The van der Waals surface area contributed by atoms with Crippen LogP contribution in [0.1, 0.15) is 6.92 Å². The molecule has 1 N–H and O–H groups in total. The van der Waals surface area contributed by atoms with E-state index < -0.39 is 5.97 Å². The number of carboxylic acid groups (broad SMARTS) is 1. The van der Waals surface area contributed by atoms with E-state index in [1.807, 2.05) is 17.5 Å². The third kappa shape index (κ3) is 2.36.